The second-order valence-electron chi connectivity index (χ2n) is 6.47. The third kappa shape index (κ3) is 4.95. The Morgan fingerprint density at radius 2 is 1.88 bits per heavy atom. The second kappa shape index (κ2) is 8.67. The number of piperidine rings is 1. The van der Waals surface area contributed by atoms with E-state index >= 15 is 0 Å². The molecule has 134 valence electrons. The summed E-state index contributed by atoms with van der Waals surface area (Å²) >= 11 is 3.01. The molecule has 1 saturated heterocycles. The molecule has 1 N–H and O–H groups in total. The molecule has 0 unspecified atom stereocenters. The number of aromatic nitrogens is 2. The van der Waals surface area contributed by atoms with Gasteiger partial charge in [-0.3, -0.25) is 4.79 Å². The Hall–Kier alpha value is -1.60. The lowest BCUT2D eigenvalue weighted by molar-refractivity contribution is -0.131. The van der Waals surface area contributed by atoms with Crippen LogP contribution < -0.4 is 5.32 Å². The average Bonchev–Trinajstić information content (AvgIpc) is 3.07. The minimum absolute atomic E-state index is 0.185. The molecule has 0 saturated carbocycles. The molecule has 1 aliphatic heterocycles. The molecule has 5 nitrogen and oxygen atoms in total. The largest absolute Gasteiger partial charge is 0.358 e. The highest BCUT2D eigenvalue weighted by molar-refractivity contribution is 8.01. The van der Waals surface area contributed by atoms with Crippen LogP contribution in [0.4, 0.5) is 5.13 Å². The molecule has 1 amide bonds. The molecule has 1 aromatic carbocycles. The molecular formula is C18H24N4OS2. The number of benzene rings is 1. The van der Waals surface area contributed by atoms with Crippen molar-refractivity contribution in [3.8, 4) is 0 Å². The Labute approximate surface area is 157 Å². The topological polar surface area (TPSA) is 58.1 Å². The van der Waals surface area contributed by atoms with E-state index < -0.39 is 0 Å². The second-order valence-corrected chi connectivity index (χ2v) is 8.80. The first-order valence-electron chi connectivity index (χ1n) is 8.74. The van der Waals surface area contributed by atoms with Crippen LogP contribution in [-0.4, -0.2) is 40.1 Å². The van der Waals surface area contributed by atoms with Gasteiger partial charge in [-0.05, 0) is 38.7 Å². The molecule has 0 bridgehead atoms. The highest BCUT2D eigenvalue weighted by atomic mass is 32.2. The highest BCUT2D eigenvalue weighted by Crippen LogP contribution is 2.39. The zero-order chi connectivity index (χ0) is 17.6. The molecular weight excluding hydrogens is 352 g/mol. The minimum Gasteiger partial charge on any atom is -0.358 e. The van der Waals surface area contributed by atoms with Gasteiger partial charge in [0.1, 0.15) is 5.25 Å². The molecule has 0 aliphatic carbocycles. The number of nitrogens with one attached hydrogen (secondary N) is 1. The van der Waals surface area contributed by atoms with Gasteiger partial charge in [-0.25, -0.2) is 0 Å². The summed E-state index contributed by atoms with van der Waals surface area (Å²) in [5, 5.41) is 12.2. The maximum Gasteiger partial charge on any atom is 0.240 e. The summed E-state index contributed by atoms with van der Waals surface area (Å²) in [7, 11) is 0. The first-order chi connectivity index (χ1) is 12.1. The van der Waals surface area contributed by atoms with Gasteiger partial charge >= 0.3 is 0 Å². The standard InChI is InChI=1S/C18H24N4OS2/c1-13(2)19-17-20-21-18(25-17)24-15(14-9-5-3-6-10-14)16(23)22-11-7-4-8-12-22/h3,5-6,9-10,13,15H,4,7-8,11-12H2,1-2H3,(H,19,20)/t15-/m0/s1. The van der Waals surface area contributed by atoms with E-state index in [0.29, 0.717) is 6.04 Å². The van der Waals surface area contributed by atoms with Crippen LogP contribution in [0.15, 0.2) is 34.7 Å². The minimum atomic E-state index is -0.265. The highest BCUT2D eigenvalue weighted by Gasteiger charge is 2.29. The molecule has 0 radical (unpaired) electrons. The Morgan fingerprint density at radius 3 is 2.56 bits per heavy atom. The lowest BCUT2D eigenvalue weighted by atomic mass is 10.1. The number of amides is 1. The van der Waals surface area contributed by atoms with E-state index in [0.717, 1.165) is 41.0 Å². The first-order valence-corrected chi connectivity index (χ1v) is 10.4. The first kappa shape index (κ1) is 18.2. The molecule has 2 heterocycles. The van der Waals surface area contributed by atoms with Crippen molar-refractivity contribution >= 4 is 34.1 Å². The van der Waals surface area contributed by atoms with Crippen molar-refractivity contribution in [1.82, 2.24) is 15.1 Å². The average molecular weight is 377 g/mol. The van der Waals surface area contributed by atoms with Crippen LogP contribution in [0.2, 0.25) is 0 Å². The number of likely N-dealkylation sites (tertiary alicyclic amines) is 1. The van der Waals surface area contributed by atoms with E-state index in [-0.39, 0.29) is 11.2 Å². The number of carbonyl (C=O) groups is 1. The Kier molecular flexibility index (Phi) is 6.31. The number of hydrogen-bond acceptors (Lipinski definition) is 6. The third-order valence-corrected chi connectivity index (χ3v) is 6.21. The maximum absolute atomic E-state index is 13.1. The predicted octanol–water partition coefficient (Wildman–Crippen LogP) is 4.20. The van der Waals surface area contributed by atoms with Gasteiger partial charge < -0.3 is 10.2 Å². The van der Waals surface area contributed by atoms with E-state index in [1.165, 1.54) is 29.5 Å². The lowest BCUT2D eigenvalue weighted by Gasteiger charge is -2.30. The Morgan fingerprint density at radius 1 is 1.16 bits per heavy atom. The predicted molar refractivity (Wildman–Crippen MR) is 104 cm³/mol. The van der Waals surface area contributed by atoms with Gasteiger partial charge in [-0.2, -0.15) is 0 Å². The van der Waals surface area contributed by atoms with Crippen molar-refractivity contribution in [3.63, 3.8) is 0 Å². The Balaban J connectivity index is 1.79. The summed E-state index contributed by atoms with van der Waals surface area (Å²) in [6, 6.07) is 10.3. The van der Waals surface area contributed by atoms with Gasteiger partial charge in [0.15, 0.2) is 4.34 Å². The SMILES string of the molecule is CC(C)Nc1nnc(S[C@H](C(=O)N2CCCCC2)c2ccccc2)s1. The number of thioether (sulfide) groups is 1. The van der Waals surface area contributed by atoms with Gasteiger partial charge in [0.2, 0.25) is 11.0 Å². The van der Waals surface area contributed by atoms with Crippen LogP contribution in [-0.2, 0) is 4.79 Å². The van der Waals surface area contributed by atoms with Crippen LogP contribution >= 0.6 is 23.1 Å². The smallest absolute Gasteiger partial charge is 0.240 e. The normalized spacial score (nSPS) is 16.0. The van der Waals surface area contributed by atoms with Crippen LogP contribution in [0.5, 0.6) is 0 Å². The molecule has 25 heavy (non-hydrogen) atoms. The summed E-state index contributed by atoms with van der Waals surface area (Å²) in [6.07, 6.45) is 3.41. The molecule has 1 atom stereocenters. The van der Waals surface area contributed by atoms with Gasteiger partial charge in [0.25, 0.3) is 0 Å². The molecule has 2 aromatic rings. The summed E-state index contributed by atoms with van der Waals surface area (Å²) in [4.78, 5) is 15.1. The molecule has 7 heteroatoms. The fourth-order valence-corrected chi connectivity index (χ4v) is 5.01. The van der Waals surface area contributed by atoms with Gasteiger partial charge in [-0.1, -0.05) is 53.4 Å². The van der Waals surface area contributed by atoms with Crippen LogP contribution in [0.1, 0.15) is 43.9 Å². The van der Waals surface area contributed by atoms with Crippen molar-refractivity contribution < 1.29 is 4.79 Å². The van der Waals surface area contributed by atoms with E-state index in [1.54, 1.807) is 0 Å². The zero-order valence-corrected chi connectivity index (χ0v) is 16.3. The van der Waals surface area contributed by atoms with Crippen LogP contribution in [0.3, 0.4) is 0 Å². The Bertz CT molecular complexity index is 683. The number of nitrogens with zero attached hydrogens (tertiary/aromatic N) is 3. The van der Waals surface area contributed by atoms with Gasteiger partial charge in [-0.15, -0.1) is 10.2 Å². The fraction of sp³-hybridized carbons (Fsp3) is 0.500. The number of rotatable bonds is 6. The van der Waals surface area contributed by atoms with E-state index in [9.17, 15) is 4.79 Å². The maximum atomic E-state index is 13.1. The molecule has 1 aromatic heterocycles. The molecule has 1 fully saturated rings. The fourth-order valence-electron chi connectivity index (χ4n) is 2.83. The number of hydrogen-bond donors (Lipinski definition) is 1. The van der Waals surface area contributed by atoms with Crippen molar-refractivity contribution in [2.75, 3.05) is 18.4 Å². The summed E-state index contributed by atoms with van der Waals surface area (Å²) in [6.45, 7) is 5.86. The zero-order valence-electron chi connectivity index (χ0n) is 14.6. The lowest BCUT2D eigenvalue weighted by Crippen LogP contribution is -2.38. The third-order valence-electron chi connectivity index (χ3n) is 4.03. The van der Waals surface area contributed by atoms with Crippen LogP contribution in [0.25, 0.3) is 0 Å². The van der Waals surface area contributed by atoms with Gasteiger partial charge in [0, 0.05) is 19.1 Å². The van der Waals surface area contributed by atoms with Crippen molar-refractivity contribution in [2.45, 2.75) is 48.7 Å². The number of carbonyl (C=O) groups excluding carboxylic acids is 1. The van der Waals surface area contributed by atoms with E-state index in [4.69, 9.17) is 0 Å². The number of anilines is 1. The van der Waals surface area contributed by atoms with E-state index in [1.807, 2.05) is 35.2 Å². The quantitative estimate of drug-likeness (QED) is 0.766. The summed E-state index contributed by atoms with van der Waals surface area (Å²) in [5.41, 5.74) is 1.02. The molecule has 1 aliphatic rings. The van der Waals surface area contributed by atoms with Gasteiger partial charge in [0.05, 0.1) is 0 Å². The van der Waals surface area contributed by atoms with Crippen molar-refractivity contribution in [2.24, 2.45) is 0 Å². The summed E-state index contributed by atoms with van der Waals surface area (Å²) < 4.78 is 0.822. The van der Waals surface area contributed by atoms with Crippen molar-refractivity contribution in [3.05, 3.63) is 35.9 Å². The monoisotopic (exact) mass is 376 g/mol. The van der Waals surface area contributed by atoms with E-state index in [2.05, 4.69) is 29.4 Å². The summed E-state index contributed by atoms with van der Waals surface area (Å²) in [5.74, 6) is 0.185. The molecule has 0 spiro atoms. The van der Waals surface area contributed by atoms with Crippen LogP contribution in [0, 0.1) is 0 Å². The van der Waals surface area contributed by atoms with Crippen molar-refractivity contribution in [1.29, 1.82) is 0 Å². The molecule has 3 rings (SSSR count).